The predicted molar refractivity (Wildman–Crippen MR) is 41.1 cm³/mol. The fraction of sp³-hybridized carbons (Fsp3) is 0.125. The van der Waals surface area contributed by atoms with Gasteiger partial charge in [0.05, 0.1) is 16.1 Å². The topological polar surface area (TPSA) is 23.8 Å². The molecule has 0 atom stereocenters. The largest absolute Gasteiger partial charge is 0.416 e. The SMILES string of the molecule is N#Cc1cc(C(F)(F)F)cc(F)c1Cl. The summed E-state index contributed by atoms with van der Waals surface area (Å²) in [5.41, 5.74) is -1.75. The molecule has 0 fully saturated rings. The highest BCUT2D eigenvalue weighted by atomic mass is 35.5. The first-order chi connectivity index (χ1) is 6.36. The van der Waals surface area contributed by atoms with Gasteiger partial charge in [-0.3, -0.25) is 0 Å². The Balaban J connectivity index is 3.40. The Labute approximate surface area is 81.5 Å². The van der Waals surface area contributed by atoms with Crippen LogP contribution >= 0.6 is 11.6 Å². The summed E-state index contributed by atoms with van der Waals surface area (Å²) in [5, 5.41) is 7.77. The van der Waals surface area contributed by atoms with E-state index < -0.39 is 28.1 Å². The highest BCUT2D eigenvalue weighted by Crippen LogP contribution is 2.32. The smallest absolute Gasteiger partial charge is 0.205 e. The van der Waals surface area contributed by atoms with Gasteiger partial charge in [-0.1, -0.05) is 11.6 Å². The van der Waals surface area contributed by atoms with Crippen molar-refractivity contribution in [3.05, 3.63) is 34.1 Å². The number of hydrogen-bond acceptors (Lipinski definition) is 1. The van der Waals surface area contributed by atoms with Crippen molar-refractivity contribution in [1.29, 1.82) is 5.26 Å². The third kappa shape index (κ3) is 1.96. The van der Waals surface area contributed by atoms with Crippen molar-refractivity contribution < 1.29 is 17.6 Å². The molecule has 1 nitrogen and oxygen atoms in total. The Bertz CT molecular complexity index is 405. The van der Waals surface area contributed by atoms with Gasteiger partial charge in [0, 0.05) is 0 Å². The molecule has 0 aliphatic rings. The van der Waals surface area contributed by atoms with E-state index >= 15 is 0 Å². The van der Waals surface area contributed by atoms with Gasteiger partial charge in [-0.05, 0) is 12.1 Å². The molecule has 0 saturated carbocycles. The van der Waals surface area contributed by atoms with Crippen molar-refractivity contribution in [2.75, 3.05) is 0 Å². The van der Waals surface area contributed by atoms with Crippen molar-refractivity contribution in [1.82, 2.24) is 0 Å². The van der Waals surface area contributed by atoms with Crippen molar-refractivity contribution in [2.24, 2.45) is 0 Å². The van der Waals surface area contributed by atoms with Crippen LogP contribution in [0.15, 0.2) is 12.1 Å². The fourth-order valence-electron chi connectivity index (χ4n) is 0.834. The lowest BCUT2D eigenvalue weighted by atomic mass is 10.1. The second-order valence-corrected chi connectivity index (χ2v) is 2.81. The van der Waals surface area contributed by atoms with Crippen molar-refractivity contribution in [2.45, 2.75) is 6.18 Å². The zero-order chi connectivity index (χ0) is 10.9. The molecule has 0 heterocycles. The average Bonchev–Trinajstić information content (AvgIpc) is 2.07. The average molecular weight is 224 g/mol. The van der Waals surface area contributed by atoms with Crippen molar-refractivity contribution >= 4 is 11.6 Å². The summed E-state index contributed by atoms with van der Waals surface area (Å²) in [7, 11) is 0. The maximum Gasteiger partial charge on any atom is 0.416 e. The van der Waals surface area contributed by atoms with E-state index in [0.717, 1.165) is 0 Å². The number of nitriles is 1. The summed E-state index contributed by atoms with van der Waals surface area (Å²) in [6.07, 6.45) is -4.68. The second-order valence-electron chi connectivity index (χ2n) is 2.43. The molecular weight excluding hydrogens is 222 g/mol. The van der Waals surface area contributed by atoms with Gasteiger partial charge in [-0.15, -0.1) is 0 Å². The molecule has 1 rings (SSSR count). The maximum absolute atomic E-state index is 12.8. The normalized spacial score (nSPS) is 11.1. The fourth-order valence-corrected chi connectivity index (χ4v) is 0.985. The van der Waals surface area contributed by atoms with Gasteiger partial charge in [0.1, 0.15) is 11.9 Å². The molecule has 0 aliphatic carbocycles. The third-order valence-corrected chi connectivity index (χ3v) is 1.86. The minimum atomic E-state index is -4.68. The molecule has 14 heavy (non-hydrogen) atoms. The molecule has 0 N–H and O–H groups in total. The molecule has 0 aliphatic heterocycles. The quantitative estimate of drug-likeness (QED) is 0.619. The second kappa shape index (κ2) is 3.46. The van der Waals surface area contributed by atoms with Gasteiger partial charge in [0.25, 0.3) is 0 Å². The number of benzene rings is 1. The number of hydrogen-bond donors (Lipinski definition) is 0. The van der Waals surface area contributed by atoms with Gasteiger partial charge in [-0.25, -0.2) is 4.39 Å². The van der Waals surface area contributed by atoms with E-state index in [-0.39, 0.29) is 6.07 Å². The van der Waals surface area contributed by atoms with Crippen LogP contribution in [0.1, 0.15) is 11.1 Å². The Hall–Kier alpha value is -1.28. The van der Waals surface area contributed by atoms with Crippen LogP contribution in [0.4, 0.5) is 17.6 Å². The molecule has 1 aromatic carbocycles. The summed E-state index contributed by atoms with van der Waals surface area (Å²) >= 11 is 5.25. The van der Waals surface area contributed by atoms with Crippen LogP contribution in [-0.2, 0) is 6.18 Å². The molecule has 0 amide bonds. The minimum Gasteiger partial charge on any atom is -0.205 e. The first-order valence-electron chi connectivity index (χ1n) is 3.32. The van der Waals surface area contributed by atoms with Gasteiger partial charge >= 0.3 is 6.18 Å². The first-order valence-corrected chi connectivity index (χ1v) is 3.70. The van der Waals surface area contributed by atoms with E-state index in [1.54, 1.807) is 0 Å². The molecule has 0 bridgehead atoms. The molecule has 6 heteroatoms. The van der Waals surface area contributed by atoms with Crippen LogP contribution in [-0.4, -0.2) is 0 Å². The van der Waals surface area contributed by atoms with Gasteiger partial charge < -0.3 is 0 Å². The standard InChI is InChI=1S/C8H2ClF4N/c9-7-4(3-14)1-5(2-6(7)10)8(11,12)13/h1-2H. The number of halogens is 5. The summed E-state index contributed by atoms with van der Waals surface area (Å²) in [5.74, 6) is -1.25. The highest BCUT2D eigenvalue weighted by molar-refractivity contribution is 6.31. The molecule has 0 unspecified atom stereocenters. The Morgan fingerprint density at radius 3 is 2.29 bits per heavy atom. The monoisotopic (exact) mass is 223 g/mol. The van der Waals surface area contributed by atoms with E-state index in [0.29, 0.717) is 6.07 Å². The predicted octanol–water partition coefficient (Wildman–Crippen LogP) is 3.37. The van der Waals surface area contributed by atoms with Crippen LogP contribution in [0, 0.1) is 17.1 Å². The first kappa shape index (κ1) is 10.8. The zero-order valence-electron chi connectivity index (χ0n) is 6.49. The van der Waals surface area contributed by atoms with E-state index in [4.69, 9.17) is 16.9 Å². The third-order valence-electron chi connectivity index (χ3n) is 1.48. The molecule has 1 aromatic rings. The Kier molecular flexibility index (Phi) is 2.67. The highest BCUT2D eigenvalue weighted by Gasteiger charge is 2.32. The zero-order valence-corrected chi connectivity index (χ0v) is 7.25. The lowest BCUT2D eigenvalue weighted by molar-refractivity contribution is -0.137. The van der Waals surface area contributed by atoms with Crippen LogP contribution in [0.5, 0.6) is 0 Å². The lowest BCUT2D eigenvalue weighted by Crippen LogP contribution is -2.06. The Morgan fingerprint density at radius 2 is 1.86 bits per heavy atom. The summed E-state index contributed by atoms with van der Waals surface area (Å²) in [6.45, 7) is 0. The van der Waals surface area contributed by atoms with E-state index in [2.05, 4.69) is 0 Å². The molecular formula is C8H2ClF4N. The lowest BCUT2D eigenvalue weighted by Gasteiger charge is -2.07. The number of alkyl halides is 3. The van der Waals surface area contributed by atoms with Crippen molar-refractivity contribution in [3.63, 3.8) is 0 Å². The Morgan fingerprint density at radius 1 is 1.29 bits per heavy atom. The molecule has 0 saturated heterocycles. The van der Waals surface area contributed by atoms with E-state index in [9.17, 15) is 17.6 Å². The van der Waals surface area contributed by atoms with Gasteiger partial charge in [-0.2, -0.15) is 18.4 Å². The van der Waals surface area contributed by atoms with Crippen LogP contribution < -0.4 is 0 Å². The van der Waals surface area contributed by atoms with E-state index in [1.165, 1.54) is 6.07 Å². The van der Waals surface area contributed by atoms with Crippen LogP contribution in [0.3, 0.4) is 0 Å². The molecule has 0 radical (unpaired) electrons. The summed E-state index contributed by atoms with van der Waals surface area (Å²) < 4.78 is 49.1. The number of nitrogens with zero attached hydrogens (tertiary/aromatic N) is 1. The van der Waals surface area contributed by atoms with Crippen LogP contribution in [0.2, 0.25) is 5.02 Å². The minimum absolute atomic E-state index is 0.253. The van der Waals surface area contributed by atoms with Gasteiger partial charge in [0.2, 0.25) is 0 Å². The number of rotatable bonds is 0. The van der Waals surface area contributed by atoms with E-state index in [1.807, 2.05) is 0 Å². The van der Waals surface area contributed by atoms with Crippen LogP contribution in [0.25, 0.3) is 0 Å². The van der Waals surface area contributed by atoms with Crippen molar-refractivity contribution in [3.8, 4) is 6.07 Å². The summed E-state index contributed by atoms with van der Waals surface area (Å²) in [6, 6.07) is 2.14. The molecule has 0 aromatic heterocycles. The summed E-state index contributed by atoms with van der Waals surface area (Å²) in [4.78, 5) is 0. The molecule has 0 spiro atoms. The maximum atomic E-state index is 12.8. The van der Waals surface area contributed by atoms with Gasteiger partial charge in [0.15, 0.2) is 0 Å². The molecule has 74 valence electrons.